The lowest BCUT2D eigenvalue weighted by Crippen LogP contribution is -2.45. The second-order valence-corrected chi connectivity index (χ2v) is 13.3. The Balaban J connectivity index is 1.00. The number of benzene rings is 3. The fourth-order valence-electron chi connectivity index (χ4n) is 7.48. The van der Waals surface area contributed by atoms with Crippen molar-refractivity contribution in [1.82, 2.24) is 10.1 Å². The van der Waals surface area contributed by atoms with E-state index in [0.717, 1.165) is 89.6 Å². The number of aromatic nitrogens is 1. The predicted molar refractivity (Wildman–Crippen MR) is 173 cm³/mol. The summed E-state index contributed by atoms with van der Waals surface area (Å²) >= 11 is 13.2. The van der Waals surface area contributed by atoms with Gasteiger partial charge in [0.25, 0.3) is 0 Å². The number of hydrogen-bond acceptors (Lipinski definition) is 6. The van der Waals surface area contributed by atoms with Crippen molar-refractivity contribution in [3.05, 3.63) is 99.6 Å². The summed E-state index contributed by atoms with van der Waals surface area (Å²) in [6.45, 7) is 1.27. The standard InChI is InChI=1S/C36H32Cl2N2O5/c37-30-6-3-7-31(38)32(30)33-29(34(45-39-33)20-8-9-20)18-40-22-11-12-23(40)17-24(16-22)44-19-21-10-13-27(26-5-2-1-4-25(21)26)28-14-15-43-35(28)36(41)42/h1-7,10,13-15,20,22-24H,8-9,11-12,16-19H2,(H,41,42). The zero-order valence-corrected chi connectivity index (χ0v) is 26.1. The SMILES string of the molecule is O=C(O)c1occc1-c1ccc(COC2CC3CCC(C2)N3Cc2c(-c3c(Cl)cccc3Cl)noc2C2CC2)c2ccccc12. The van der Waals surface area contributed by atoms with Gasteiger partial charge in [-0.25, -0.2) is 4.79 Å². The second kappa shape index (κ2) is 11.6. The molecule has 2 aromatic heterocycles. The van der Waals surface area contributed by atoms with Crippen LogP contribution in [0.2, 0.25) is 10.0 Å². The van der Waals surface area contributed by atoms with Gasteiger partial charge in [0.2, 0.25) is 5.76 Å². The molecule has 2 saturated heterocycles. The number of rotatable bonds is 9. The van der Waals surface area contributed by atoms with E-state index in [1.807, 2.05) is 48.5 Å². The molecule has 2 aliphatic heterocycles. The molecule has 230 valence electrons. The normalized spacial score (nSPS) is 21.5. The van der Waals surface area contributed by atoms with Crippen molar-refractivity contribution < 1.29 is 23.6 Å². The van der Waals surface area contributed by atoms with Gasteiger partial charge in [0.15, 0.2) is 0 Å². The number of piperidine rings is 1. The summed E-state index contributed by atoms with van der Waals surface area (Å²) in [4.78, 5) is 14.4. The molecule has 7 nitrogen and oxygen atoms in total. The zero-order valence-electron chi connectivity index (χ0n) is 24.5. The molecule has 0 amide bonds. The Morgan fingerprint density at radius 2 is 1.64 bits per heavy atom. The van der Waals surface area contributed by atoms with Gasteiger partial charge in [-0.05, 0) is 78.6 Å². The van der Waals surface area contributed by atoms with Gasteiger partial charge in [0.1, 0.15) is 11.5 Å². The number of ether oxygens (including phenoxy) is 1. The van der Waals surface area contributed by atoms with Crippen LogP contribution in [0.15, 0.2) is 75.9 Å². The molecular formula is C36H32Cl2N2O5. The van der Waals surface area contributed by atoms with E-state index in [0.29, 0.717) is 40.2 Å². The van der Waals surface area contributed by atoms with Crippen LogP contribution in [0.4, 0.5) is 0 Å². The largest absolute Gasteiger partial charge is 0.475 e. The van der Waals surface area contributed by atoms with Crippen molar-refractivity contribution in [3.8, 4) is 22.4 Å². The maximum atomic E-state index is 11.7. The number of aromatic carboxylic acids is 1. The summed E-state index contributed by atoms with van der Waals surface area (Å²) < 4.78 is 17.8. The van der Waals surface area contributed by atoms with Crippen LogP contribution in [0.1, 0.15) is 71.9 Å². The number of halogens is 2. The fraction of sp³-hybridized carbons (Fsp3) is 0.333. The van der Waals surface area contributed by atoms with E-state index in [-0.39, 0.29) is 11.9 Å². The van der Waals surface area contributed by atoms with Crippen LogP contribution in [-0.2, 0) is 17.9 Å². The average molecular weight is 644 g/mol. The quantitative estimate of drug-likeness (QED) is 0.171. The molecule has 0 radical (unpaired) electrons. The topological polar surface area (TPSA) is 88.9 Å². The summed E-state index contributed by atoms with van der Waals surface area (Å²) in [5.74, 6) is 0.277. The summed E-state index contributed by atoms with van der Waals surface area (Å²) in [6, 6.07) is 20.2. The molecule has 1 N–H and O–H groups in total. The molecule has 1 saturated carbocycles. The van der Waals surface area contributed by atoms with Crippen molar-refractivity contribution in [3.63, 3.8) is 0 Å². The first-order valence-electron chi connectivity index (χ1n) is 15.6. The van der Waals surface area contributed by atoms with E-state index >= 15 is 0 Å². The lowest BCUT2D eigenvalue weighted by molar-refractivity contribution is -0.0302. The van der Waals surface area contributed by atoms with E-state index < -0.39 is 5.97 Å². The van der Waals surface area contributed by atoms with Gasteiger partial charge in [0.05, 0.1) is 29.0 Å². The van der Waals surface area contributed by atoms with E-state index in [9.17, 15) is 9.90 Å². The van der Waals surface area contributed by atoms with E-state index in [2.05, 4.69) is 16.1 Å². The van der Waals surface area contributed by atoms with Gasteiger partial charge in [-0.1, -0.05) is 70.8 Å². The Kier molecular flexibility index (Phi) is 7.45. The van der Waals surface area contributed by atoms with Crippen LogP contribution in [0, 0.1) is 0 Å². The average Bonchev–Trinajstić information content (AvgIpc) is 3.53. The third-order valence-electron chi connectivity index (χ3n) is 9.79. The Morgan fingerprint density at radius 3 is 2.36 bits per heavy atom. The Morgan fingerprint density at radius 1 is 0.911 bits per heavy atom. The van der Waals surface area contributed by atoms with E-state index in [1.54, 1.807) is 6.07 Å². The molecule has 5 aromatic rings. The van der Waals surface area contributed by atoms with Crippen LogP contribution in [-0.4, -0.2) is 39.3 Å². The van der Waals surface area contributed by atoms with Crippen molar-refractivity contribution in [2.75, 3.05) is 0 Å². The van der Waals surface area contributed by atoms with Gasteiger partial charge in [-0.15, -0.1) is 0 Å². The predicted octanol–water partition coefficient (Wildman–Crippen LogP) is 9.35. The molecule has 3 aromatic carbocycles. The third-order valence-corrected chi connectivity index (χ3v) is 10.4. The summed E-state index contributed by atoms with van der Waals surface area (Å²) in [7, 11) is 0. The first-order chi connectivity index (χ1) is 22.0. The lowest BCUT2D eigenvalue weighted by atomic mass is 9.95. The third kappa shape index (κ3) is 5.26. The number of fused-ring (bicyclic) bond motifs is 3. The van der Waals surface area contributed by atoms with Crippen molar-refractivity contribution in [1.29, 1.82) is 0 Å². The molecule has 9 heteroatoms. The fourth-order valence-corrected chi connectivity index (χ4v) is 8.06. The summed E-state index contributed by atoms with van der Waals surface area (Å²) in [5, 5.41) is 17.3. The molecule has 3 fully saturated rings. The zero-order chi connectivity index (χ0) is 30.7. The first kappa shape index (κ1) is 28.8. The van der Waals surface area contributed by atoms with E-state index in [1.165, 1.54) is 6.26 Å². The molecular weight excluding hydrogens is 611 g/mol. The molecule has 45 heavy (non-hydrogen) atoms. The minimum atomic E-state index is -1.08. The second-order valence-electron chi connectivity index (χ2n) is 12.5. The smallest absolute Gasteiger partial charge is 0.372 e. The molecule has 0 spiro atoms. The van der Waals surface area contributed by atoms with Crippen LogP contribution in [0.5, 0.6) is 0 Å². The highest BCUT2D eigenvalue weighted by Gasteiger charge is 2.43. The monoisotopic (exact) mass is 642 g/mol. The summed E-state index contributed by atoms with van der Waals surface area (Å²) in [5.41, 5.74) is 5.15. The number of furan rings is 1. The Bertz CT molecular complexity index is 1880. The van der Waals surface area contributed by atoms with Gasteiger partial charge < -0.3 is 18.8 Å². The Labute approximate surface area is 270 Å². The number of carbonyl (C=O) groups is 1. The van der Waals surface area contributed by atoms with Crippen molar-refractivity contribution in [2.24, 2.45) is 0 Å². The van der Waals surface area contributed by atoms with Gasteiger partial charge in [-0.2, -0.15) is 0 Å². The first-order valence-corrected chi connectivity index (χ1v) is 16.3. The molecule has 1 aliphatic carbocycles. The minimum Gasteiger partial charge on any atom is -0.475 e. The van der Waals surface area contributed by atoms with Crippen LogP contribution in [0.3, 0.4) is 0 Å². The van der Waals surface area contributed by atoms with Gasteiger partial charge in [-0.3, -0.25) is 4.90 Å². The number of carboxylic acids is 1. The highest BCUT2D eigenvalue weighted by molar-refractivity contribution is 6.39. The molecule has 2 bridgehead atoms. The maximum absolute atomic E-state index is 11.7. The van der Waals surface area contributed by atoms with E-state index in [4.69, 9.17) is 36.9 Å². The van der Waals surface area contributed by atoms with Crippen molar-refractivity contribution in [2.45, 2.75) is 75.8 Å². The van der Waals surface area contributed by atoms with Gasteiger partial charge >= 0.3 is 5.97 Å². The molecule has 4 heterocycles. The molecule has 3 aliphatic rings. The minimum absolute atomic E-state index is 0.0519. The van der Waals surface area contributed by atoms with Crippen LogP contribution >= 0.6 is 23.2 Å². The highest BCUT2D eigenvalue weighted by atomic mass is 35.5. The molecule has 8 rings (SSSR count). The van der Waals surface area contributed by atoms with Crippen molar-refractivity contribution >= 4 is 39.9 Å². The molecule has 2 atom stereocenters. The molecule has 2 unspecified atom stereocenters. The lowest BCUT2D eigenvalue weighted by Gasteiger charge is -2.39. The number of carboxylic acid groups (broad SMARTS) is 1. The highest BCUT2D eigenvalue weighted by Crippen LogP contribution is 2.48. The number of hydrogen-bond donors (Lipinski definition) is 1. The Hall–Kier alpha value is -3.62. The van der Waals surface area contributed by atoms with Crippen LogP contribution in [0.25, 0.3) is 33.2 Å². The van der Waals surface area contributed by atoms with Crippen LogP contribution < -0.4 is 0 Å². The summed E-state index contributed by atoms with van der Waals surface area (Å²) in [6.07, 6.45) is 8.06. The maximum Gasteiger partial charge on any atom is 0.372 e. The number of nitrogens with zero attached hydrogens (tertiary/aromatic N) is 2. The van der Waals surface area contributed by atoms with Gasteiger partial charge in [0, 0.05) is 41.2 Å².